The van der Waals surface area contributed by atoms with Crippen molar-refractivity contribution in [1.82, 2.24) is 15.0 Å². The second-order valence-electron chi connectivity index (χ2n) is 5.33. The average molecular weight is 360 g/mol. The maximum absolute atomic E-state index is 13.5. The zero-order valence-corrected chi connectivity index (χ0v) is 13.7. The molecule has 1 aromatic heterocycles. The molecule has 0 aliphatic rings. The number of carbonyl (C=O) groups is 2. The van der Waals surface area contributed by atoms with E-state index in [-0.39, 0.29) is 5.56 Å². The van der Waals surface area contributed by atoms with E-state index in [9.17, 15) is 18.4 Å². The average Bonchev–Trinajstić information content (AvgIpc) is 3.05. The summed E-state index contributed by atoms with van der Waals surface area (Å²) in [7, 11) is 0. The first-order valence-corrected chi connectivity index (χ1v) is 7.74. The van der Waals surface area contributed by atoms with Gasteiger partial charge in [-0.25, -0.2) is 18.3 Å². The van der Waals surface area contributed by atoms with Crippen molar-refractivity contribution >= 4 is 28.6 Å². The molecule has 2 aromatic carbocycles. The number of hydrogen-bond acceptors (Lipinski definition) is 5. The largest absolute Gasteiger partial charge is 0.452 e. The van der Waals surface area contributed by atoms with Gasteiger partial charge in [-0.2, -0.15) is 0 Å². The van der Waals surface area contributed by atoms with Gasteiger partial charge in [-0.3, -0.25) is 4.79 Å². The number of benzene rings is 2. The summed E-state index contributed by atoms with van der Waals surface area (Å²) in [4.78, 5) is 23.8. The van der Waals surface area contributed by atoms with E-state index in [1.807, 2.05) is 12.2 Å². The second-order valence-corrected chi connectivity index (χ2v) is 5.33. The Morgan fingerprint density at radius 2 is 1.92 bits per heavy atom. The molecule has 1 N–H and O–H groups in total. The van der Waals surface area contributed by atoms with Crippen molar-refractivity contribution in [2.45, 2.75) is 13.5 Å². The molecule has 0 fully saturated rings. The topological polar surface area (TPSA) is 86.1 Å². The highest BCUT2D eigenvalue weighted by Crippen LogP contribution is 2.18. The summed E-state index contributed by atoms with van der Waals surface area (Å²) in [6.07, 6.45) is 0. The Morgan fingerprint density at radius 1 is 1.19 bits per heavy atom. The van der Waals surface area contributed by atoms with Crippen LogP contribution in [0.4, 0.5) is 14.5 Å². The van der Waals surface area contributed by atoms with Crippen molar-refractivity contribution < 1.29 is 23.1 Å². The number of nitrogens with zero attached hydrogens (tertiary/aromatic N) is 3. The molecular weight excluding hydrogens is 346 g/mol. The summed E-state index contributed by atoms with van der Waals surface area (Å²) >= 11 is 0. The summed E-state index contributed by atoms with van der Waals surface area (Å²) in [6.45, 7) is 1.85. The van der Waals surface area contributed by atoms with Gasteiger partial charge in [-0.15, -0.1) is 5.10 Å². The van der Waals surface area contributed by atoms with Crippen LogP contribution in [0.15, 0.2) is 36.4 Å². The number of halogens is 2. The number of fused-ring (bicyclic) bond motifs is 1. The smallest absolute Gasteiger partial charge is 0.338 e. The SMILES string of the molecule is CCn1nnc2cc(C(=O)OCC(=O)Nc3c(F)cccc3F)ccc21. The molecule has 0 saturated carbocycles. The maximum atomic E-state index is 13.5. The van der Waals surface area contributed by atoms with Gasteiger partial charge in [0.15, 0.2) is 6.61 Å². The van der Waals surface area contributed by atoms with Crippen LogP contribution in [0.1, 0.15) is 17.3 Å². The van der Waals surface area contributed by atoms with Crippen molar-refractivity contribution in [2.75, 3.05) is 11.9 Å². The lowest BCUT2D eigenvalue weighted by atomic mass is 10.2. The number of aryl methyl sites for hydroxylation is 1. The molecule has 9 heteroatoms. The minimum absolute atomic E-state index is 0.186. The molecule has 0 aliphatic heterocycles. The Labute approximate surface area is 146 Å². The molecule has 1 heterocycles. The highest BCUT2D eigenvalue weighted by atomic mass is 19.1. The van der Waals surface area contributed by atoms with Crippen LogP contribution in [0.3, 0.4) is 0 Å². The van der Waals surface area contributed by atoms with Crippen LogP contribution >= 0.6 is 0 Å². The fraction of sp³-hybridized carbons (Fsp3) is 0.176. The summed E-state index contributed by atoms with van der Waals surface area (Å²) in [5, 5.41) is 9.91. The lowest BCUT2D eigenvalue weighted by Crippen LogP contribution is -2.22. The van der Waals surface area contributed by atoms with Gasteiger partial charge < -0.3 is 10.1 Å². The predicted octanol–water partition coefficient (Wildman–Crippen LogP) is 2.52. The van der Waals surface area contributed by atoms with E-state index in [2.05, 4.69) is 10.3 Å². The third-order valence-electron chi connectivity index (χ3n) is 3.61. The van der Waals surface area contributed by atoms with E-state index in [4.69, 9.17) is 4.74 Å². The standard InChI is InChI=1S/C17H14F2N4O3/c1-2-23-14-7-6-10(8-13(14)21-22-23)17(25)26-9-15(24)20-16-11(18)4-3-5-12(16)19/h3-8H,2,9H2,1H3,(H,20,24). The van der Waals surface area contributed by atoms with Crippen molar-refractivity contribution in [2.24, 2.45) is 0 Å². The first-order valence-electron chi connectivity index (χ1n) is 7.74. The zero-order chi connectivity index (χ0) is 18.7. The number of carbonyl (C=O) groups excluding carboxylic acids is 2. The number of nitrogens with one attached hydrogen (secondary N) is 1. The molecule has 7 nitrogen and oxygen atoms in total. The molecule has 3 aromatic rings. The molecule has 3 rings (SSSR count). The molecule has 26 heavy (non-hydrogen) atoms. The Morgan fingerprint density at radius 3 is 2.62 bits per heavy atom. The van der Waals surface area contributed by atoms with E-state index in [0.717, 1.165) is 17.6 Å². The maximum Gasteiger partial charge on any atom is 0.338 e. The van der Waals surface area contributed by atoms with Crippen molar-refractivity contribution in [1.29, 1.82) is 0 Å². The van der Waals surface area contributed by atoms with Gasteiger partial charge in [0.1, 0.15) is 22.8 Å². The second kappa shape index (κ2) is 7.26. The fourth-order valence-electron chi connectivity index (χ4n) is 2.34. The first-order chi connectivity index (χ1) is 12.5. The highest BCUT2D eigenvalue weighted by molar-refractivity contribution is 5.97. The Balaban J connectivity index is 1.64. The summed E-state index contributed by atoms with van der Waals surface area (Å²) in [5.74, 6) is -3.47. The van der Waals surface area contributed by atoms with Gasteiger partial charge in [0, 0.05) is 6.54 Å². The lowest BCUT2D eigenvalue weighted by Gasteiger charge is -2.08. The van der Waals surface area contributed by atoms with Crippen LogP contribution in [0, 0.1) is 11.6 Å². The van der Waals surface area contributed by atoms with E-state index in [1.54, 1.807) is 10.7 Å². The Bertz CT molecular complexity index is 967. The predicted molar refractivity (Wildman–Crippen MR) is 88.5 cm³/mol. The van der Waals surface area contributed by atoms with Crippen molar-refractivity contribution in [3.05, 3.63) is 53.6 Å². The number of rotatable bonds is 5. The van der Waals surface area contributed by atoms with Crippen LogP contribution in [-0.2, 0) is 16.1 Å². The number of para-hydroxylation sites is 1. The Kier molecular flexibility index (Phi) is 4.87. The third-order valence-corrected chi connectivity index (χ3v) is 3.61. The van der Waals surface area contributed by atoms with Crippen LogP contribution in [0.25, 0.3) is 11.0 Å². The fourth-order valence-corrected chi connectivity index (χ4v) is 2.34. The van der Waals surface area contributed by atoms with Gasteiger partial charge in [-0.05, 0) is 37.3 Å². The third kappa shape index (κ3) is 3.51. The van der Waals surface area contributed by atoms with E-state index in [0.29, 0.717) is 12.1 Å². The molecule has 1 amide bonds. The molecule has 0 atom stereocenters. The van der Waals surface area contributed by atoms with Crippen molar-refractivity contribution in [3.8, 4) is 0 Å². The van der Waals surface area contributed by atoms with Crippen molar-refractivity contribution in [3.63, 3.8) is 0 Å². The lowest BCUT2D eigenvalue weighted by molar-refractivity contribution is -0.119. The van der Waals surface area contributed by atoms with Crippen LogP contribution in [0.5, 0.6) is 0 Å². The summed E-state index contributed by atoms with van der Waals surface area (Å²) in [5.41, 5.74) is 0.868. The van der Waals surface area contributed by atoms with E-state index in [1.165, 1.54) is 18.2 Å². The number of aromatic nitrogens is 3. The van der Waals surface area contributed by atoms with Gasteiger partial charge in [0.2, 0.25) is 0 Å². The minimum Gasteiger partial charge on any atom is -0.452 e. The summed E-state index contributed by atoms with van der Waals surface area (Å²) < 4.78 is 33.5. The monoisotopic (exact) mass is 360 g/mol. The Hall–Kier alpha value is -3.36. The molecule has 134 valence electrons. The first kappa shape index (κ1) is 17.5. The van der Waals surface area contributed by atoms with Gasteiger partial charge in [0.25, 0.3) is 5.91 Å². The van der Waals surface area contributed by atoms with E-state index >= 15 is 0 Å². The molecule has 0 saturated heterocycles. The number of anilines is 1. The van der Waals surface area contributed by atoms with Gasteiger partial charge in [-0.1, -0.05) is 11.3 Å². The molecule has 0 aliphatic carbocycles. The van der Waals surface area contributed by atoms with Gasteiger partial charge >= 0.3 is 5.97 Å². The highest BCUT2D eigenvalue weighted by Gasteiger charge is 2.15. The van der Waals surface area contributed by atoms with Crippen LogP contribution in [-0.4, -0.2) is 33.5 Å². The zero-order valence-electron chi connectivity index (χ0n) is 13.7. The van der Waals surface area contributed by atoms with Gasteiger partial charge in [0.05, 0.1) is 11.1 Å². The number of esters is 1. The number of ether oxygens (including phenoxy) is 1. The van der Waals surface area contributed by atoms with E-state index < -0.39 is 35.8 Å². The minimum atomic E-state index is -0.922. The normalized spacial score (nSPS) is 10.7. The number of hydrogen-bond donors (Lipinski definition) is 1. The summed E-state index contributed by atoms with van der Waals surface area (Å²) in [6, 6.07) is 7.86. The van der Waals surface area contributed by atoms with Crippen LogP contribution < -0.4 is 5.32 Å². The molecule has 0 bridgehead atoms. The molecule has 0 spiro atoms. The number of amides is 1. The molecule has 0 unspecified atom stereocenters. The molecular formula is C17H14F2N4O3. The quantitative estimate of drug-likeness (QED) is 0.707. The molecule has 0 radical (unpaired) electrons. The van der Waals surface area contributed by atoms with Crippen LogP contribution in [0.2, 0.25) is 0 Å².